The Hall–Kier alpha value is -3.84. The number of anilines is 1. The van der Waals surface area contributed by atoms with Crippen LogP contribution >= 0.6 is 0 Å². The number of aryl methyl sites for hydroxylation is 1. The van der Waals surface area contributed by atoms with Gasteiger partial charge in [0.15, 0.2) is 0 Å². The van der Waals surface area contributed by atoms with E-state index in [0.29, 0.717) is 24.3 Å². The van der Waals surface area contributed by atoms with Gasteiger partial charge in [0.1, 0.15) is 5.82 Å². The maximum Gasteiger partial charge on any atom is 0.416 e. The minimum atomic E-state index is -4.66. The zero-order valence-electron chi connectivity index (χ0n) is 21.6. The molecule has 4 rings (SSSR count). The number of benzene rings is 2. The Morgan fingerprint density at radius 1 is 1.21 bits per heavy atom. The van der Waals surface area contributed by atoms with Crippen molar-refractivity contribution in [2.24, 2.45) is 0 Å². The SMILES string of the molecule is C#CCn1c(C)nc2cc(C(F)(F)F)c([C@H](C)Nc3ccc(C(=O)N4C[C@@H](C)O[C@@H](C)C4)cc3)cc2c1=O. The number of hydrogen-bond acceptors (Lipinski definition) is 5. The highest BCUT2D eigenvalue weighted by molar-refractivity contribution is 5.94. The van der Waals surface area contributed by atoms with Gasteiger partial charge in [0.05, 0.1) is 35.2 Å². The molecule has 10 heteroatoms. The first-order valence-electron chi connectivity index (χ1n) is 12.3. The van der Waals surface area contributed by atoms with Crippen molar-refractivity contribution in [3.05, 3.63) is 69.3 Å². The highest BCUT2D eigenvalue weighted by atomic mass is 19.4. The standard InChI is InChI=1S/C28H29F3N4O3/c1-6-11-35-19(5)33-25-13-24(28(29,30)31)22(12-23(25)27(35)37)18(4)32-21-9-7-20(8-10-21)26(36)34-14-16(2)38-17(3)15-34/h1,7-10,12-13,16-18,32H,11,14-15H2,2-5H3/t16-,17+,18-/m0/s1. The molecule has 1 fully saturated rings. The second kappa shape index (κ2) is 10.5. The Bertz CT molecular complexity index is 1450. The Kier molecular flexibility index (Phi) is 7.51. The third-order valence-corrected chi connectivity index (χ3v) is 6.56. The number of carbonyl (C=O) groups is 1. The number of terminal acetylenes is 1. The van der Waals surface area contributed by atoms with Gasteiger partial charge in [0, 0.05) is 30.4 Å². The first-order chi connectivity index (χ1) is 17.9. The fraction of sp³-hybridized carbons (Fsp3) is 0.393. The van der Waals surface area contributed by atoms with Crippen molar-refractivity contribution in [3.63, 3.8) is 0 Å². The number of fused-ring (bicyclic) bond motifs is 1. The average molecular weight is 527 g/mol. The van der Waals surface area contributed by atoms with Gasteiger partial charge in [-0.25, -0.2) is 4.98 Å². The predicted molar refractivity (Wildman–Crippen MR) is 139 cm³/mol. The zero-order valence-corrected chi connectivity index (χ0v) is 21.6. The van der Waals surface area contributed by atoms with Gasteiger partial charge < -0.3 is 15.0 Å². The van der Waals surface area contributed by atoms with Crippen molar-refractivity contribution < 1.29 is 22.7 Å². The van der Waals surface area contributed by atoms with E-state index in [0.717, 1.165) is 6.07 Å². The van der Waals surface area contributed by atoms with E-state index in [1.54, 1.807) is 36.1 Å². The quantitative estimate of drug-likeness (QED) is 0.485. The lowest BCUT2D eigenvalue weighted by Crippen LogP contribution is -2.48. The molecule has 3 aromatic rings. The highest BCUT2D eigenvalue weighted by Crippen LogP contribution is 2.37. The number of alkyl halides is 3. The molecule has 0 bridgehead atoms. The van der Waals surface area contributed by atoms with E-state index in [-0.39, 0.29) is 47.0 Å². The third-order valence-electron chi connectivity index (χ3n) is 6.56. The smallest absolute Gasteiger partial charge is 0.379 e. The number of aromatic nitrogens is 2. The minimum Gasteiger partial charge on any atom is -0.379 e. The number of hydrogen-bond donors (Lipinski definition) is 1. The summed E-state index contributed by atoms with van der Waals surface area (Å²) in [6.45, 7) is 7.86. The van der Waals surface area contributed by atoms with Crippen LogP contribution in [0, 0.1) is 19.3 Å². The maximum absolute atomic E-state index is 14.0. The van der Waals surface area contributed by atoms with Crippen molar-refractivity contribution in [2.75, 3.05) is 18.4 Å². The summed E-state index contributed by atoms with van der Waals surface area (Å²) in [5, 5.41) is 3.11. The number of halogens is 3. The molecule has 1 aliphatic rings. The summed E-state index contributed by atoms with van der Waals surface area (Å²) >= 11 is 0. The Morgan fingerprint density at radius 2 is 1.84 bits per heavy atom. The number of nitrogens with one attached hydrogen (secondary N) is 1. The topological polar surface area (TPSA) is 76.5 Å². The summed E-state index contributed by atoms with van der Waals surface area (Å²) in [7, 11) is 0. The van der Waals surface area contributed by atoms with Crippen LogP contribution < -0.4 is 10.9 Å². The minimum absolute atomic E-state index is 0.0366. The average Bonchev–Trinajstić information content (AvgIpc) is 2.84. The molecular weight excluding hydrogens is 497 g/mol. The fourth-order valence-corrected chi connectivity index (χ4v) is 4.84. The highest BCUT2D eigenvalue weighted by Gasteiger charge is 2.35. The molecule has 1 aliphatic heterocycles. The van der Waals surface area contributed by atoms with Crippen molar-refractivity contribution in [1.29, 1.82) is 0 Å². The third kappa shape index (κ3) is 5.53. The summed E-state index contributed by atoms with van der Waals surface area (Å²) in [5.41, 5.74) is -0.523. The second-order valence-electron chi connectivity index (χ2n) is 9.62. The first kappa shape index (κ1) is 27.2. The van der Waals surface area contributed by atoms with E-state index < -0.39 is 23.3 Å². The number of rotatable bonds is 5. The van der Waals surface area contributed by atoms with Crippen molar-refractivity contribution in [1.82, 2.24) is 14.5 Å². The Labute approximate surface area is 218 Å². The van der Waals surface area contributed by atoms with Crippen LogP contribution in [0.3, 0.4) is 0 Å². The number of morpholine rings is 1. The number of amides is 1. The molecule has 38 heavy (non-hydrogen) atoms. The molecule has 0 spiro atoms. The maximum atomic E-state index is 14.0. The van der Waals surface area contributed by atoms with E-state index in [2.05, 4.69) is 16.2 Å². The van der Waals surface area contributed by atoms with Gasteiger partial charge in [0.25, 0.3) is 11.5 Å². The van der Waals surface area contributed by atoms with E-state index in [9.17, 15) is 22.8 Å². The van der Waals surface area contributed by atoms with Crippen LogP contribution in [0.5, 0.6) is 0 Å². The molecular formula is C28H29F3N4O3. The predicted octanol–water partition coefficient (Wildman–Crippen LogP) is 4.78. The van der Waals surface area contributed by atoms with Crippen LogP contribution in [-0.2, 0) is 17.5 Å². The van der Waals surface area contributed by atoms with Gasteiger partial charge in [-0.3, -0.25) is 14.2 Å². The molecule has 0 radical (unpaired) electrons. The van der Waals surface area contributed by atoms with Crippen LogP contribution in [0.4, 0.5) is 18.9 Å². The normalized spacial score (nSPS) is 18.7. The lowest BCUT2D eigenvalue weighted by molar-refractivity contribution is -0.138. The molecule has 1 N–H and O–H groups in total. The van der Waals surface area contributed by atoms with Crippen LogP contribution in [-0.4, -0.2) is 45.7 Å². The molecule has 7 nitrogen and oxygen atoms in total. The molecule has 1 amide bonds. The zero-order chi connectivity index (χ0) is 27.8. The molecule has 1 aromatic heterocycles. The summed E-state index contributed by atoms with van der Waals surface area (Å²) < 4.78 is 49.0. The van der Waals surface area contributed by atoms with Crippen LogP contribution in [0.15, 0.2) is 41.2 Å². The summed E-state index contributed by atoms with van der Waals surface area (Å²) in [6, 6.07) is 7.89. The number of carbonyl (C=O) groups excluding carboxylic acids is 1. The Balaban J connectivity index is 1.63. The number of nitrogens with zero attached hydrogens (tertiary/aromatic N) is 3. The lowest BCUT2D eigenvalue weighted by Gasteiger charge is -2.35. The second-order valence-corrected chi connectivity index (χ2v) is 9.62. The molecule has 2 aromatic carbocycles. The molecule has 1 saturated heterocycles. The summed E-state index contributed by atoms with van der Waals surface area (Å²) in [5.74, 6) is 2.48. The molecule has 0 aliphatic carbocycles. The van der Waals surface area contributed by atoms with Gasteiger partial charge in [-0.05, 0) is 69.7 Å². The van der Waals surface area contributed by atoms with E-state index in [1.165, 1.54) is 17.6 Å². The van der Waals surface area contributed by atoms with Crippen LogP contribution in [0.2, 0.25) is 0 Å². The monoisotopic (exact) mass is 526 g/mol. The largest absolute Gasteiger partial charge is 0.416 e. The van der Waals surface area contributed by atoms with Gasteiger partial charge in [-0.15, -0.1) is 6.42 Å². The summed E-state index contributed by atoms with van der Waals surface area (Å²) in [6.07, 6.45) is 0.553. The van der Waals surface area contributed by atoms with Crippen LogP contribution in [0.25, 0.3) is 10.9 Å². The van der Waals surface area contributed by atoms with Gasteiger partial charge in [-0.1, -0.05) is 5.92 Å². The van der Waals surface area contributed by atoms with Crippen molar-refractivity contribution >= 4 is 22.5 Å². The van der Waals surface area contributed by atoms with Crippen molar-refractivity contribution in [2.45, 2.75) is 58.7 Å². The van der Waals surface area contributed by atoms with E-state index in [1.807, 2.05) is 13.8 Å². The molecule has 0 saturated carbocycles. The van der Waals surface area contributed by atoms with Gasteiger partial charge in [-0.2, -0.15) is 13.2 Å². The fourth-order valence-electron chi connectivity index (χ4n) is 4.84. The van der Waals surface area contributed by atoms with Crippen LogP contribution in [0.1, 0.15) is 54.1 Å². The molecule has 200 valence electrons. The first-order valence-corrected chi connectivity index (χ1v) is 12.3. The van der Waals surface area contributed by atoms with E-state index in [4.69, 9.17) is 11.2 Å². The van der Waals surface area contributed by atoms with Gasteiger partial charge >= 0.3 is 6.18 Å². The molecule has 3 atom stereocenters. The van der Waals surface area contributed by atoms with Crippen molar-refractivity contribution in [3.8, 4) is 12.3 Å². The lowest BCUT2D eigenvalue weighted by atomic mass is 9.98. The van der Waals surface area contributed by atoms with E-state index >= 15 is 0 Å². The molecule has 0 unspecified atom stereocenters. The number of ether oxygens (including phenoxy) is 1. The molecule has 2 heterocycles. The van der Waals surface area contributed by atoms with Gasteiger partial charge in [0.2, 0.25) is 0 Å². The Morgan fingerprint density at radius 3 is 2.42 bits per heavy atom. The summed E-state index contributed by atoms with van der Waals surface area (Å²) in [4.78, 5) is 31.8.